The minimum Gasteiger partial charge on any atom is -0.322 e. The van der Waals surface area contributed by atoms with Crippen molar-refractivity contribution in [1.82, 2.24) is 14.7 Å². The van der Waals surface area contributed by atoms with Gasteiger partial charge in [0.25, 0.3) is 5.91 Å². The zero-order valence-corrected chi connectivity index (χ0v) is 24.1. The summed E-state index contributed by atoms with van der Waals surface area (Å²) in [6.45, 7) is 10.4. The highest BCUT2D eigenvalue weighted by Gasteiger charge is 2.14. The molecule has 8 heteroatoms. The van der Waals surface area contributed by atoms with Crippen LogP contribution in [0.15, 0.2) is 72.9 Å². The van der Waals surface area contributed by atoms with Crippen LogP contribution in [-0.2, 0) is 0 Å². The van der Waals surface area contributed by atoms with Gasteiger partial charge in [-0.3, -0.25) is 9.78 Å². The van der Waals surface area contributed by atoms with E-state index in [0.29, 0.717) is 27.5 Å². The number of benzene rings is 3. The fourth-order valence-corrected chi connectivity index (χ4v) is 4.57. The summed E-state index contributed by atoms with van der Waals surface area (Å²) in [5.41, 5.74) is 5.28. The number of para-hydroxylation sites is 2. The highest BCUT2D eigenvalue weighted by molar-refractivity contribution is 7.98. The molecule has 3 aromatic carbocycles. The molecule has 1 aromatic heterocycles. The topological polar surface area (TPSA) is 70.2 Å². The van der Waals surface area contributed by atoms with E-state index >= 15 is 0 Å². The maximum absolute atomic E-state index is 12.8. The molecule has 0 aliphatic carbocycles. The Morgan fingerprint density at radius 3 is 2.39 bits per heavy atom. The summed E-state index contributed by atoms with van der Waals surface area (Å²) in [7, 11) is 0. The molecule has 5 rings (SSSR count). The smallest absolute Gasteiger partial charge is 0.255 e. The van der Waals surface area contributed by atoms with Gasteiger partial charge in [0.15, 0.2) is 0 Å². The van der Waals surface area contributed by atoms with E-state index in [-0.39, 0.29) is 5.91 Å². The number of carbonyl (C=O) groups excluding carboxylic acids is 1. The molecule has 200 valence electrons. The molecule has 2 N–H and O–H groups in total. The predicted molar refractivity (Wildman–Crippen MR) is 164 cm³/mol. The Bertz CT molecular complexity index is 1310. The fourth-order valence-electron chi connectivity index (χ4n) is 3.51. The number of amides is 1. The lowest BCUT2D eigenvalue weighted by atomic mass is 10.1. The third-order valence-electron chi connectivity index (χ3n) is 5.68. The second-order valence-electron chi connectivity index (χ2n) is 8.38. The van der Waals surface area contributed by atoms with Crippen LogP contribution in [0.1, 0.15) is 57.3 Å². The highest BCUT2D eigenvalue weighted by atomic mass is 35.5. The summed E-state index contributed by atoms with van der Waals surface area (Å²) in [5.74, 6) is -0.182. The summed E-state index contributed by atoms with van der Waals surface area (Å²) < 4.78 is 5.46. The number of hydrogen-bond donors (Lipinski definition) is 2. The second kappa shape index (κ2) is 15.3. The molecule has 0 atom stereocenters. The van der Waals surface area contributed by atoms with Gasteiger partial charge >= 0.3 is 0 Å². The van der Waals surface area contributed by atoms with Gasteiger partial charge in [0.2, 0.25) is 0 Å². The third-order valence-corrected chi connectivity index (χ3v) is 6.96. The van der Waals surface area contributed by atoms with Crippen molar-refractivity contribution in [3.05, 3.63) is 83.5 Å². The van der Waals surface area contributed by atoms with Crippen molar-refractivity contribution in [2.75, 3.05) is 22.7 Å². The Labute approximate surface area is 235 Å². The molecular weight excluding hydrogens is 514 g/mol. The number of halogens is 1. The second-order valence-corrected chi connectivity index (χ2v) is 9.70. The van der Waals surface area contributed by atoms with Crippen LogP contribution in [0, 0.1) is 0 Å². The number of rotatable bonds is 5. The van der Waals surface area contributed by atoms with Crippen LogP contribution < -0.4 is 14.3 Å². The molecule has 0 bridgehead atoms. The van der Waals surface area contributed by atoms with Crippen molar-refractivity contribution in [2.24, 2.45) is 0 Å². The normalized spacial score (nSPS) is 12.6. The first kappa shape index (κ1) is 29.4. The number of carbonyl (C=O) groups is 1. The average Bonchev–Trinajstić information content (AvgIpc) is 2.99. The molecule has 0 unspecified atom stereocenters. The van der Waals surface area contributed by atoms with E-state index < -0.39 is 0 Å². The number of nitrogens with zero attached hydrogens (tertiary/aromatic N) is 3. The Kier molecular flexibility index (Phi) is 11.9. The first-order valence-electron chi connectivity index (χ1n) is 13.2. The monoisotopic (exact) mass is 549 g/mol. The van der Waals surface area contributed by atoms with Gasteiger partial charge in [-0.05, 0) is 61.0 Å². The molecule has 0 saturated carbocycles. The summed E-state index contributed by atoms with van der Waals surface area (Å²) in [4.78, 5) is 21.9. The highest BCUT2D eigenvalue weighted by Crippen LogP contribution is 2.30. The molecule has 1 aliphatic heterocycles. The molecule has 0 spiro atoms. The van der Waals surface area contributed by atoms with Crippen LogP contribution in [-0.4, -0.2) is 29.0 Å². The molecule has 2 heterocycles. The number of fused-ring (bicyclic) bond motifs is 1. The lowest BCUT2D eigenvalue weighted by Gasteiger charge is -2.27. The van der Waals surface area contributed by atoms with Crippen LogP contribution in [0.3, 0.4) is 0 Å². The van der Waals surface area contributed by atoms with Gasteiger partial charge in [-0.1, -0.05) is 64.3 Å². The molecule has 1 aliphatic rings. The zero-order chi connectivity index (χ0) is 27.3. The average molecular weight is 550 g/mol. The van der Waals surface area contributed by atoms with Crippen LogP contribution in [0.4, 0.5) is 11.4 Å². The van der Waals surface area contributed by atoms with E-state index in [0.717, 1.165) is 36.2 Å². The summed E-state index contributed by atoms with van der Waals surface area (Å²) in [6.07, 6.45) is 5.43. The van der Waals surface area contributed by atoms with Gasteiger partial charge in [-0.15, -0.1) is 0 Å². The SMILES string of the molecule is CC.CCCC.O=C(Nc1ccc(Cl)c(-c2cnc3ccccc3n2)c1)c1ccc(N2CCCNS2)cc1. The van der Waals surface area contributed by atoms with E-state index in [1.165, 1.54) is 12.8 Å². The maximum atomic E-state index is 12.8. The van der Waals surface area contributed by atoms with Gasteiger partial charge < -0.3 is 9.62 Å². The van der Waals surface area contributed by atoms with Crippen molar-refractivity contribution >= 4 is 52.1 Å². The molecule has 6 nitrogen and oxygen atoms in total. The number of anilines is 2. The standard InChI is InChI=1S/C24H20ClN5OS.C4H10.C2H6/c25-20-11-8-17(14-19(20)23-15-26-21-4-1-2-5-22(21)29-23)28-24(31)16-6-9-18(10-7-16)30-13-3-12-27-32-30;1-3-4-2;1-2/h1-2,4-11,14-15,27H,3,12-13H2,(H,28,31);3-4H2,1-2H3;1-2H3. The van der Waals surface area contributed by atoms with E-state index in [4.69, 9.17) is 11.6 Å². The van der Waals surface area contributed by atoms with Crippen molar-refractivity contribution in [3.63, 3.8) is 0 Å². The van der Waals surface area contributed by atoms with Crippen molar-refractivity contribution in [1.29, 1.82) is 0 Å². The van der Waals surface area contributed by atoms with Gasteiger partial charge in [0, 0.05) is 47.7 Å². The molecule has 0 radical (unpaired) electrons. The lowest BCUT2D eigenvalue weighted by Crippen LogP contribution is -2.29. The Morgan fingerprint density at radius 2 is 1.74 bits per heavy atom. The number of nitrogens with one attached hydrogen (secondary N) is 2. The van der Waals surface area contributed by atoms with E-state index in [2.05, 4.69) is 38.2 Å². The Balaban J connectivity index is 0.000000612. The van der Waals surface area contributed by atoms with Crippen LogP contribution in [0.5, 0.6) is 0 Å². The summed E-state index contributed by atoms with van der Waals surface area (Å²) in [5, 5.41) is 3.50. The summed E-state index contributed by atoms with van der Waals surface area (Å²) in [6, 6.07) is 20.6. The largest absolute Gasteiger partial charge is 0.322 e. The maximum Gasteiger partial charge on any atom is 0.255 e. The van der Waals surface area contributed by atoms with E-state index in [9.17, 15) is 4.79 Å². The Hall–Kier alpha value is -3.13. The van der Waals surface area contributed by atoms with Crippen LogP contribution >= 0.6 is 23.7 Å². The lowest BCUT2D eigenvalue weighted by molar-refractivity contribution is 0.102. The van der Waals surface area contributed by atoms with Crippen LogP contribution in [0.25, 0.3) is 22.3 Å². The molecule has 4 aromatic rings. The van der Waals surface area contributed by atoms with Crippen LogP contribution in [0.2, 0.25) is 5.02 Å². The molecule has 1 saturated heterocycles. The van der Waals surface area contributed by atoms with Crippen molar-refractivity contribution in [2.45, 2.75) is 47.0 Å². The van der Waals surface area contributed by atoms with Crippen molar-refractivity contribution < 1.29 is 4.79 Å². The summed E-state index contributed by atoms with van der Waals surface area (Å²) >= 11 is 8.03. The minimum absolute atomic E-state index is 0.182. The predicted octanol–water partition coefficient (Wildman–Crippen LogP) is 8.40. The van der Waals surface area contributed by atoms with Gasteiger partial charge in [0.05, 0.1) is 27.9 Å². The molecular formula is C30H36ClN5OS. The third kappa shape index (κ3) is 7.93. The first-order valence-corrected chi connectivity index (χ1v) is 14.3. The quantitative estimate of drug-likeness (QED) is 0.243. The van der Waals surface area contributed by atoms with Gasteiger partial charge in [-0.25, -0.2) is 9.71 Å². The molecule has 38 heavy (non-hydrogen) atoms. The number of hydrogen-bond acceptors (Lipinski definition) is 6. The van der Waals surface area contributed by atoms with Gasteiger partial charge in [-0.2, -0.15) is 0 Å². The zero-order valence-electron chi connectivity index (χ0n) is 22.5. The fraction of sp³-hybridized carbons (Fsp3) is 0.300. The van der Waals surface area contributed by atoms with Gasteiger partial charge in [0.1, 0.15) is 0 Å². The molecule has 1 amide bonds. The van der Waals surface area contributed by atoms with Crippen molar-refractivity contribution in [3.8, 4) is 11.3 Å². The minimum atomic E-state index is -0.182. The van der Waals surface area contributed by atoms with E-state index in [1.807, 2.05) is 68.4 Å². The number of aromatic nitrogens is 2. The molecule has 1 fully saturated rings. The van der Waals surface area contributed by atoms with E-state index in [1.54, 1.807) is 30.5 Å². The first-order chi connectivity index (χ1) is 18.6. The number of unbranched alkanes of at least 4 members (excludes halogenated alkanes) is 1. The Morgan fingerprint density at radius 1 is 1.03 bits per heavy atom.